The van der Waals surface area contributed by atoms with Crippen LogP contribution >= 0.6 is 0 Å². The van der Waals surface area contributed by atoms with E-state index >= 15 is 0 Å². The lowest BCUT2D eigenvalue weighted by atomic mass is 9.87. The van der Waals surface area contributed by atoms with Crippen LogP contribution in [-0.2, 0) is 4.79 Å². The van der Waals surface area contributed by atoms with Crippen LogP contribution in [-0.4, -0.2) is 33.8 Å². The van der Waals surface area contributed by atoms with E-state index in [0.29, 0.717) is 31.2 Å². The van der Waals surface area contributed by atoms with Gasteiger partial charge >= 0.3 is 0 Å². The maximum atomic E-state index is 13.5. The highest BCUT2D eigenvalue weighted by Gasteiger charge is 2.40. The Balaban J connectivity index is 1.63. The number of nitrogens with two attached hydrogens (primary N) is 1. The van der Waals surface area contributed by atoms with Crippen molar-refractivity contribution in [2.75, 3.05) is 0 Å². The molecular formula is C30H37N5O3. The van der Waals surface area contributed by atoms with Crippen LogP contribution < -0.4 is 15.8 Å². The maximum absolute atomic E-state index is 13.5. The Bertz CT molecular complexity index is 1270. The average Bonchev–Trinajstić information content (AvgIpc) is 2.89. The third kappa shape index (κ3) is 5.52. The topological polar surface area (TPSA) is 121 Å². The largest absolute Gasteiger partial charge is 0.487 e. The van der Waals surface area contributed by atoms with Gasteiger partial charge in [-0.25, -0.2) is 4.99 Å². The third-order valence-electron chi connectivity index (χ3n) is 7.72. The zero-order valence-corrected chi connectivity index (χ0v) is 22.7. The van der Waals surface area contributed by atoms with Gasteiger partial charge in [0.05, 0.1) is 30.1 Å². The number of para-hydroxylation sites is 1. The number of nitrogens with zero attached hydrogens (tertiary/aromatic N) is 3. The number of hydrogen-bond donors (Lipinski definition) is 2. The highest BCUT2D eigenvalue weighted by Crippen LogP contribution is 2.39. The molecule has 2 atom stereocenters. The summed E-state index contributed by atoms with van der Waals surface area (Å²) < 4.78 is 6.10. The van der Waals surface area contributed by atoms with Crippen LogP contribution in [0.4, 0.5) is 0 Å². The first-order valence-corrected chi connectivity index (χ1v) is 13.3. The molecule has 0 radical (unpaired) electrons. The summed E-state index contributed by atoms with van der Waals surface area (Å²) in [6.07, 6.45) is 2.95. The molecule has 0 aliphatic carbocycles. The second-order valence-electron chi connectivity index (χ2n) is 10.8. The SMILES string of the molecule is CCC1(CC)CC(=O)N([C@H](CCC#N)c2cccc(C(=O)N[C@H]3CC(C)(C)Oc4ccccc43)c2)C(N)=N1. The Labute approximate surface area is 224 Å². The van der Waals surface area contributed by atoms with E-state index in [4.69, 9.17) is 15.5 Å². The van der Waals surface area contributed by atoms with Crippen molar-refractivity contribution in [1.29, 1.82) is 5.26 Å². The van der Waals surface area contributed by atoms with Gasteiger partial charge in [0.1, 0.15) is 11.4 Å². The van der Waals surface area contributed by atoms with Gasteiger partial charge in [-0.2, -0.15) is 5.26 Å². The first-order valence-electron chi connectivity index (χ1n) is 13.3. The summed E-state index contributed by atoms with van der Waals surface area (Å²) in [6.45, 7) is 8.04. The lowest BCUT2D eigenvalue weighted by Crippen LogP contribution is -2.52. The Kier molecular flexibility index (Phi) is 7.77. The van der Waals surface area contributed by atoms with Gasteiger partial charge in [0.25, 0.3) is 5.91 Å². The van der Waals surface area contributed by atoms with Crippen LogP contribution in [0.5, 0.6) is 5.75 Å². The van der Waals surface area contributed by atoms with E-state index in [9.17, 15) is 14.9 Å². The average molecular weight is 516 g/mol. The van der Waals surface area contributed by atoms with Crippen LogP contribution in [0.3, 0.4) is 0 Å². The standard InChI is InChI=1S/C30H37N5O3/c1-5-30(6-2)19-26(36)35(28(32)34-30)24(14-10-16-31)20-11-9-12-21(17-20)27(37)33-23-18-29(3,4)38-25-15-8-7-13-22(23)25/h7-9,11-13,15,17,23-24H,5-6,10,14,18-19H2,1-4H3,(H2,32,34)(H,33,37)/t23-,24+/m0/s1. The predicted molar refractivity (Wildman–Crippen MR) is 146 cm³/mol. The van der Waals surface area contributed by atoms with Crippen molar-refractivity contribution in [1.82, 2.24) is 10.2 Å². The number of carbonyl (C=O) groups excluding carboxylic acids is 2. The minimum Gasteiger partial charge on any atom is -0.487 e. The molecule has 38 heavy (non-hydrogen) atoms. The van der Waals surface area contributed by atoms with Crippen LogP contribution in [0.25, 0.3) is 0 Å². The van der Waals surface area contributed by atoms with Crippen molar-refractivity contribution in [3.63, 3.8) is 0 Å². The minimum absolute atomic E-state index is 0.111. The monoisotopic (exact) mass is 515 g/mol. The lowest BCUT2D eigenvalue weighted by Gasteiger charge is -2.40. The van der Waals surface area contributed by atoms with Gasteiger partial charge in [-0.3, -0.25) is 14.5 Å². The van der Waals surface area contributed by atoms with Crippen LogP contribution in [0, 0.1) is 11.3 Å². The normalized spacial score (nSPS) is 20.4. The van der Waals surface area contributed by atoms with E-state index < -0.39 is 17.2 Å². The summed E-state index contributed by atoms with van der Waals surface area (Å²) in [5.74, 6) is 0.614. The van der Waals surface area contributed by atoms with Crippen molar-refractivity contribution >= 4 is 17.8 Å². The van der Waals surface area contributed by atoms with Crippen molar-refractivity contribution in [3.05, 3.63) is 65.2 Å². The van der Waals surface area contributed by atoms with Crippen molar-refractivity contribution < 1.29 is 14.3 Å². The first-order chi connectivity index (χ1) is 18.1. The number of amides is 2. The Hall–Kier alpha value is -3.86. The number of benzene rings is 2. The van der Waals surface area contributed by atoms with Gasteiger partial charge < -0.3 is 15.8 Å². The van der Waals surface area contributed by atoms with Gasteiger partial charge in [-0.1, -0.05) is 44.2 Å². The summed E-state index contributed by atoms with van der Waals surface area (Å²) in [6, 6.07) is 16.4. The van der Waals surface area contributed by atoms with Crippen molar-refractivity contribution in [2.24, 2.45) is 10.7 Å². The van der Waals surface area contributed by atoms with Crippen LogP contribution in [0.2, 0.25) is 0 Å². The van der Waals surface area contributed by atoms with E-state index in [-0.39, 0.29) is 36.7 Å². The van der Waals surface area contributed by atoms with E-state index in [0.717, 1.165) is 16.9 Å². The van der Waals surface area contributed by atoms with E-state index in [2.05, 4.69) is 11.4 Å². The zero-order chi connectivity index (χ0) is 27.5. The van der Waals surface area contributed by atoms with Gasteiger partial charge in [0.15, 0.2) is 5.96 Å². The number of carbonyl (C=O) groups is 2. The first kappa shape index (κ1) is 27.2. The molecule has 0 fully saturated rings. The van der Waals surface area contributed by atoms with Gasteiger partial charge in [0, 0.05) is 24.0 Å². The summed E-state index contributed by atoms with van der Waals surface area (Å²) in [5, 5.41) is 12.5. The fraction of sp³-hybridized carbons (Fsp3) is 0.467. The second-order valence-corrected chi connectivity index (χ2v) is 10.8. The molecule has 2 aromatic rings. The maximum Gasteiger partial charge on any atom is 0.251 e. The molecule has 2 heterocycles. The summed E-state index contributed by atoms with van der Waals surface area (Å²) in [4.78, 5) is 33.1. The molecule has 0 spiro atoms. The predicted octanol–water partition coefficient (Wildman–Crippen LogP) is 5.17. The smallest absolute Gasteiger partial charge is 0.251 e. The number of aliphatic imine (C=N–C) groups is 1. The molecule has 2 aliphatic heterocycles. The molecule has 0 saturated carbocycles. The summed E-state index contributed by atoms with van der Waals surface area (Å²) in [5.41, 5.74) is 7.63. The Morgan fingerprint density at radius 1 is 1.24 bits per heavy atom. The Morgan fingerprint density at radius 3 is 2.66 bits per heavy atom. The second kappa shape index (κ2) is 10.9. The molecule has 0 aromatic heterocycles. The quantitative estimate of drug-likeness (QED) is 0.502. The van der Waals surface area contributed by atoms with Crippen LogP contribution in [0.15, 0.2) is 53.5 Å². The number of rotatable bonds is 8. The van der Waals surface area contributed by atoms with E-state index in [1.54, 1.807) is 18.2 Å². The van der Waals surface area contributed by atoms with Gasteiger partial charge in [-0.05, 0) is 56.9 Å². The van der Waals surface area contributed by atoms with Crippen LogP contribution in [0.1, 0.15) is 99.8 Å². The highest BCUT2D eigenvalue weighted by molar-refractivity contribution is 6.00. The summed E-state index contributed by atoms with van der Waals surface area (Å²) >= 11 is 0. The third-order valence-corrected chi connectivity index (χ3v) is 7.72. The molecule has 8 nitrogen and oxygen atoms in total. The zero-order valence-electron chi connectivity index (χ0n) is 22.7. The molecule has 0 bridgehead atoms. The fourth-order valence-corrected chi connectivity index (χ4v) is 5.53. The fourth-order valence-electron chi connectivity index (χ4n) is 5.53. The Morgan fingerprint density at radius 2 is 1.97 bits per heavy atom. The van der Waals surface area contributed by atoms with Gasteiger partial charge in [0.2, 0.25) is 5.91 Å². The molecule has 3 N–H and O–H groups in total. The highest BCUT2D eigenvalue weighted by atomic mass is 16.5. The molecule has 4 rings (SSSR count). The van der Waals surface area contributed by atoms with E-state index in [1.165, 1.54) is 4.90 Å². The summed E-state index contributed by atoms with van der Waals surface area (Å²) in [7, 11) is 0. The number of guanidine groups is 1. The molecule has 2 amide bonds. The minimum atomic E-state index is -0.493. The van der Waals surface area contributed by atoms with E-state index in [1.807, 2.05) is 58.0 Å². The molecule has 0 saturated heterocycles. The number of nitrogens with one attached hydrogen (secondary N) is 1. The molecule has 2 aromatic carbocycles. The molecule has 2 aliphatic rings. The number of nitriles is 1. The van der Waals surface area contributed by atoms with Crippen molar-refractivity contribution in [3.8, 4) is 11.8 Å². The number of ether oxygens (including phenoxy) is 1. The number of fused-ring (bicyclic) bond motifs is 1. The molecular weight excluding hydrogens is 478 g/mol. The molecule has 8 heteroatoms. The lowest BCUT2D eigenvalue weighted by molar-refractivity contribution is -0.131. The molecule has 0 unspecified atom stereocenters. The molecule has 200 valence electrons. The van der Waals surface area contributed by atoms with Crippen molar-refractivity contribution in [2.45, 2.75) is 89.4 Å². The van der Waals surface area contributed by atoms with Gasteiger partial charge in [-0.15, -0.1) is 0 Å². The number of hydrogen-bond acceptors (Lipinski definition) is 6.